The van der Waals surface area contributed by atoms with Gasteiger partial charge in [0.05, 0.1) is 11.1 Å². The van der Waals surface area contributed by atoms with E-state index < -0.39 is 5.91 Å². The van der Waals surface area contributed by atoms with E-state index in [1.807, 2.05) is 36.4 Å². The van der Waals surface area contributed by atoms with E-state index in [0.717, 1.165) is 34.9 Å². The summed E-state index contributed by atoms with van der Waals surface area (Å²) in [6, 6.07) is 15.2. The van der Waals surface area contributed by atoms with Crippen LogP contribution < -0.4 is 15.4 Å². The lowest BCUT2D eigenvalue weighted by atomic mass is 10.2. The number of hydrogen-bond donors (Lipinski definition) is 1. The Labute approximate surface area is 202 Å². The molecule has 1 aromatic heterocycles. The Hall–Kier alpha value is -2.81. The van der Waals surface area contributed by atoms with Gasteiger partial charge in [0, 0.05) is 34.6 Å². The summed E-state index contributed by atoms with van der Waals surface area (Å²) in [4.78, 5) is 26.9. The molecule has 1 aliphatic heterocycles. The van der Waals surface area contributed by atoms with E-state index in [-0.39, 0.29) is 0 Å². The van der Waals surface area contributed by atoms with Crippen molar-refractivity contribution in [2.24, 2.45) is 5.73 Å². The van der Waals surface area contributed by atoms with E-state index in [4.69, 9.17) is 27.1 Å². The van der Waals surface area contributed by atoms with Crippen LogP contribution in [0.2, 0.25) is 5.02 Å². The molecule has 1 atom stereocenters. The van der Waals surface area contributed by atoms with Crippen LogP contribution >= 0.6 is 23.4 Å². The predicted octanol–water partition coefficient (Wildman–Crippen LogP) is 4.10. The Morgan fingerprint density at radius 2 is 2.06 bits per heavy atom. The third-order valence-electron chi connectivity index (χ3n) is 5.52. The number of carbonyl (C=O) groups is 1. The fraction of sp³-hybridized carbons (Fsp3) is 0.292. The van der Waals surface area contributed by atoms with E-state index in [0.29, 0.717) is 35.1 Å². The maximum atomic E-state index is 11.4. The van der Waals surface area contributed by atoms with Crippen LogP contribution in [-0.2, 0) is 6.61 Å². The Morgan fingerprint density at radius 3 is 2.73 bits per heavy atom. The van der Waals surface area contributed by atoms with Gasteiger partial charge in [-0.2, -0.15) is 4.98 Å². The minimum Gasteiger partial charge on any atom is -0.472 e. The number of hydrogen-bond acceptors (Lipinski definition) is 7. The van der Waals surface area contributed by atoms with Crippen molar-refractivity contribution in [3.63, 3.8) is 0 Å². The van der Waals surface area contributed by atoms with Gasteiger partial charge in [0.25, 0.3) is 0 Å². The zero-order valence-electron chi connectivity index (χ0n) is 18.6. The number of benzene rings is 2. The van der Waals surface area contributed by atoms with Crippen LogP contribution in [0.4, 0.5) is 5.95 Å². The predicted molar refractivity (Wildman–Crippen MR) is 131 cm³/mol. The summed E-state index contributed by atoms with van der Waals surface area (Å²) < 4.78 is 6.15. The lowest BCUT2D eigenvalue weighted by molar-refractivity contribution is 0.1000. The number of nitrogens with two attached hydrogens (primary N) is 1. The maximum absolute atomic E-state index is 11.4. The molecule has 0 saturated carbocycles. The highest BCUT2D eigenvalue weighted by atomic mass is 35.5. The molecule has 2 N–H and O–H groups in total. The fourth-order valence-electron chi connectivity index (χ4n) is 3.61. The molecule has 2 heterocycles. The first-order valence-electron chi connectivity index (χ1n) is 10.6. The second-order valence-corrected chi connectivity index (χ2v) is 9.65. The Bertz CT molecular complexity index is 1130. The molecule has 33 heavy (non-hydrogen) atoms. The number of nitrogens with zero attached hydrogens (tertiary/aromatic N) is 4. The highest BCUT2D eigenvalue weighted by Crippen LogP contribution is 2.35. The first-order valence-corrected chi connectivity index (χ1v) is 11.8. The Kier molecular flexibility index (Phi) is 7.37. The fourth-order valence-corrected chi connectivity index (χ4v) is 4.65. The quantitative estimate of drug-likeness (QED) is 0.516. The average molecular weight is 484 g/mol. The molecule has 1 fully saturated rings. The summed E-state index contributed by atoms with van der Waals surface area (Å²) in [5, 5.41) is 0.662. The molecule has 0 radical (unpaired) electrons. The van der Waals surface area contributed by atoms with Crippen LogP contribution in [-0.4, -0.2) is 54.0 Å². The highest BCUT2D eigenvalue weighted by molar-refractivity contribution is 7.99. The number of halogens is 1. The SMILES string of the molecule is CN(C)C1CCN(c2ncc(Sc3ccc(C(N)=O)cc3)c(OCc3cccc(Cl)c3)n2)C1. The summed E-state index contributed by atoms with van der Waals surface area (Å²) in [6.07, 6.45) is 2.86. The van der Waals surface area contributed by atoms with Crippen molar-refractivity contribution in [2.75, 3.05) is 32.1 Å². The van der Waals surface area contributed by atoms with E-state index in [1.165, 1.54) is 11.8 Å². The zero-order valence-corrected chi connectivity index (χ0v) is 20.1. The average Bonchev–Trinajstić information content (AvgIpc) is 3.30. The molecular weight excluding hydrogens is 458 g/mol. The normalized spacial score (nSPS) is 15.8. The summed E-state index contributed by atoms with van der Waals surface area (Å²) in [7, 11) is 4.19. The topological polar surface area (TPSA) is 84.6 Å². The first-order chi connectivity index (χ1) is 15.9. The number of anilines is 1. The van der Waals surface area contributed by atoms with Crippen molar-refractivity contribution >= 4 is 35.2 Å². The second kappa shape index (κ2) is 10.4. The van der Waals surface area contributed by atoms with Gasteiger partial charge in [-0.15, -0.1) is 0 Å². The van der Waals surface area contributed by atoms with Crippen LogP contribution in [0, 0.1) is 0 Å². The number of ether oxygens (including phenoxy) is 1. The number of carbonyl (C=O) groups excluding carboxylic acids is 1. The van der Waals surface area contributed by atoms with Gasteiger partial charge in [-0.25, -0.2) is 4.98 Å². The number of aromatic nitrogens is 2. The molecule has 1 saturated heterocycles. The van der Waals surface area contributed by atoms with Crippen molar-refractivity contribution in [2.45, 2.75) is 28.9 Å². The molecule has 1 unspecified atom stereocenters. The van der Waals surface area contributed by atoms with Crippen LogP contribution in [0.1, 0.15) is 22.3 Å². The van der Waals surface area contributed by atoms with Crippen LogP contribution in [0.3, 0.4) is 0 Å². The molecule has 0 bridgehead atoms. The first kappa shape index (κ1) is 23.4. The highest BCUT2D eigenvalue weighted by Gasteiger charge is 2.26. The minimum absolute atomic E-state index is 0.339. The number of amides is 1. The molecule has 3 aromatic rings. The van der Waals surface area contributed by atoms with Crippen molar-refractivity contribution < 1.29 is 9.53 Å². The molecule has 4 rings (SSSR count). The summed E-state index contributed by atoms with van der Waals surface area (Å²) in [6.45, 7) is 2.12. The monoisotopic (exact) mass is 483 g/mol. The van der Waals surface area contributed by atoms with Crippen molar-refractivity contribution in [3.05, 3.63) is 70.9 Å². The number of primary amides is 1. The standard InChI is InChI=1S/C24H26ClN5O2S/c1-29(2)19-10-11-30(14-19)24-27-13-21(33-20-8-6-17(7-9-20)22(26)31)23(28-24)32-15-16-4-3-5-18(25)12-16/h3-9,12-13,19H,10-11,14-15H2,1-2H3,(H2,26,31). The van der Waals surface area contributed by atoms with Gasteiger partial charge in [-0.05, 0) is 62.5 Å². The molecule has 1 aliphatic rings. The summed E-state index contributed by atoms with van der Waals surface area (Å²) >= 11 is 7.60. The maximum Gasteiger partial charge on any atom is 0.248 e. The molecule has 2 aromatic carbocycles. The largest absolute Gasteiger partial charge is 0.472 e. The minimum atomic E-state index is -0.452. The number of likely N-dealkylation sites (N-methyl/N-ethyl adjacent to an activating group) is 1. The van der Waals surface area contributed by atoms with Gasteiger partial charge in [-0.1, -0.05) is 35.5 Å². The van der Waals surface area contributed by atoms with E-state index >= 15 is 0 Å². The summed E-state index contributed by atoms with van der Waals surface area (Å²) in [5.41, 5.74) is 6.77. The third kappa shape index (κ3) is 5.96. The third-order valence-corrected chi connectivity index (χ3v) is 6.76. The molecule has 1 amide bonds. The van der Waals surface area contributed by atoms with Crippen LogP contribution in [0.5, 0.6) is 5.88 Å². The van der Waals surface area contributed by atoms with Gasteiger partial charge >= 0.3 is 0 Å². The van der Waals surface area contributed by atoms with E-state index in [2.05, 4.69) is 28.9 Å². The molecule has 172 valence electrons. The van der Waals surface area contributed by atoms with E-state index in [1.54, 1.807) is 18.3 Å². The molecule has 0 spiro atoms. The number of rotatable bonds is 8. The van der Waals surface area contributed by atoms with Gasteiger partial charge in [-0.3, -0.25) is 4.79 Å². The van der Waals surface area contributed by atoms with Crippen molar-refractivity contribution in [1.29, 1.82) is 0 Å². The second-order valence-electron chi connectivity index (χ2n) is 8.10. The van der Waals surface area contributed by atoms with E-state index in [9.17, 15) is 4.79 Å². The van der Waals surface area contributed by atoms with Crippen molar-refractivity contribution in [1.82, 2.24) is 14.9 Å². The molecule has 0 aliphatic carbocycles. The van der Waals surface area contributed by atoms with Gasteiger partial charge in [0.15, 0.2) is 0 Å². The van der Waals surface area contributed by atoms with Gasteiger partial charge in [0.1, 0.15) is 6.61 Å². The van der Waals surface area contributed by atoms with Crippen LogP contribution in [0.25, 0.3) is 0 Å². The lowest BCUT2D eigenvalue weighted by Crippen LogP contribution is -2.32. The van der Waals surface area contributed by atoms with Crippen molar-refractivity contribution in [3.8, 4) is 5.88 Å². The zero-order chi connectivity index (χ0) is 23.4. The Morgan fingerprint density at radius 1 is 1.27 bits per heavy atom. The smallest absolute Gasteiger partial charge is 0.248 e. The molecule has 9 heteroatoms. The molecular formula is C24H26ClN5O2S. The summed E-state index contributed by atoms with van der Waals surface area (Å²) in [5.74, 6) is 0.720. The lowest BCUT2D eigenvalue weighted by Gasteiger charge is -2.21. The van der Waals surface area contributed by atoms with Gasteiger partial charge in [0.2, 0.25) is 17.7 Å². The van der Waals surface area contributed by atoms with Crippen LogP contribution in [0.15, 0.2) is 64.5 Å². The molecule has 7 nitrogen and oxygen atoms in total. The van der Waals surface area contributed by atoms with Gasteiger partial charge < -0.3 is 20.3 Å². The Balaban J connectivity index is 1.58.